The molecule has 0 amide bonds. The Morgan fingerprint density at radius 1 is 1.43 bits per heavy atom. The molecule has 0 bridgehead atoms. The van der Waals surface area contributed by atoms with E-state index in [9.17, 15) is 0 Å². The van der Waals surface area contributed by atoms with Gasteiger partial charge in [-0.1, -0.05) is 0 Å². The SMILES string of the molecule is Cc1cnc(CC2CCCNC2)cn1. The summed E-state index contributed by atoms with van der Waals surface area (Å²) in [5.41, 5.74) is 2.12. The van der Waals surface area contributed by atoms with Gasteiger partial charge in [-0.3, -0.25) is 9.97 Å². The second-order valence-corrected chi connectivity index (χ2v) is 4.07. The minimum absolute atomic E-state index is 0.751. The van der Waals surface area contributed by atoms with E-state index < -0.39 is 0 Å². The molecule has 2 heterocycles. The minimum Gasteiger partial charge on any atom is -0.316 e. The van der Waals surface area contributed by atoms with Gasteiger partial charge in [0.05, 0.1) is 11.4 Å². The van der Waals surface area contributed by atoms with Crippen LogP contribution in [-0.2, 0) is 6.42 Å². The quantitative estimate of drug-likeness (QED) is 0.766. The molecule has 2 rings (SSSR count). The predicted octanol–water partition coefficient (Wildman–Crippen LogP) is 1.33. The van der Waals surface area contributed by atoms with Crippen molar-refractivity contribution in [1.29, 1.82) is 0 Å². The van der Waals surface area contributed by atoms with E-state index in [0.717, 1.165) is 30.3 Å². The molecule has 1 atom stereocenters. The molecule has 3 heteroatoms. The Morgan fingerprint density at radius 2 is 2.36 bits per heavy atom. The average molecular weight is 191 g/mol. The van der Waals surface area contributed by atoms with Crippen LogP contribution in [0, 0.1) is 12.8 Å². The summed E-state index contributed by atoms with van der Waals surface area (Å²) < 4.78 is 0. The summed E-state index contributed by atoms with van der Waals surface area (Å²) >= 11 is 0. The third kappa shape index (κ3) is 2.51. The van der Waals surface area contributed by atoms with Gasteiger partial charge in [0.2, 0.25) is 0 Å². The maximum atomic E-state index is 4.38. The molecule has 1 saturated heterocycles. The topological polar surface area (TPSA) is 37.8 Å². The van der Waals surface area contributed by atoms with Gasteiger partial charge >= 0.3 is 0 Å². The molecule has 1 aromatic heterocycles. The Hall–Kier alpha value is -0.960. The van der Waals surface area contributed by atoms with Crippen molar-refractivity contribution in [2.24, 2.45) is 5.92 Å². The molecule has 1 fully saturated rings. The number of hydrogen-bond donors (Lipinski definition) is 1. The molecule has 0 spiro atoms. The molecular weight excluding hydrogens is 174 g/mol. The highest BCUT2D eigenvalue weighted by Crippen LogP contribution is 2.14. The van der Waals surface area contributed by atoms with Crippen molar-refractivity contribution in [3.05, 3.63) is 23.8 Å². The van der Waals surface area contributed by atoms with Crippen molar-refractivity contribution >= 4 is 0 Å². The van der Waals surface area contributed by atoms with Crippen LogP contribution in [0.15, 0.2) is 12.4 Å². The minimum atomic E-state index is 0.751. The number of aryl methyl sites for hydroxylation is 1. The van der Waals surface area contributed by atoms with Crippen molar-refractivity contribution < 1.29 is 0 Å². The Bertz CT molecular complexity index is 275. The molecule has 1 aliphatic heterocycles. The lowest BCUT2D eigenvalue weighted by Gasteiger charge is -2.22. The maximum Gasteiger partial charge on any atom is 0.0590 e. The van der Waals surface area contributed by atoms with Gasteiger partial charge < -0.3 is 5.32 Å². The van der Waals surface area contributed by atoms with Gasteiger partial charge in [-0.05, 0) is 45.2 Å². The monoisotopic (exact) mass is 191 g/mol. The van der Waals surface area contributed by atoms with Crippen molar-refractivity contribution in [2.45, 2.75) is 26.2 Å². The van der Waals surface area contributed by atoms with E-state index in [1.54, 1.807) is 0 Å². The second kappa shape index (κ2) is 4.51. The van der Waals surface area contributed by atoms with Gasteiger partial charge in [0.25, 0.3) is 0 Å². The molecule has 3 nitrogen and oxygen atoms in total. The zero-order chi connectivity index (χ0) is 9.80. The van der Waals surface area contributed by atoms with Crippen molar-refractivity contribution in [2.75, 3.05) is 13.1 Å². The molecule has 1 N–H and O–H groups in total. The Balaban J connectivity index is 1.92. The van der Waals surface area contributed by atoms with Gasteiger partial charge in [0.15, 0.2) is 0 Å². The number of aromatic nitrogens is 2. The van der Waals surface area contributed by atoms with Crippen molar-refractivity contribution in [1.82, 2.24) is 15.3 Å². The lowest BCUT2D eigenvalue weighted by Crippen LogP contribution is -2.31. The lowest BCUT2D eigenvalue weighted by molar-refractivity contribution is 0.373. The standard InChI is InChI=1S/C11H17N3/c1-9-6-14-11(8-13-9)5-10-3-2-4-12-7-10/h6,8,10,12H,2-5,7H2,1H3. The third-order valence-corrected chi connectivity index (χ3v) is 2.73. The molecule has 14 heavy (non-hydrogen) atoms. The van der Waals surface area contributed by atoms with E-state index in [4.69, 9.17) is 0 Å². The van der Waals surface area contributed by atoms with Crippen LogP contribution in [-0.4, -0.2) is 23.1 Å². The zero-order valence-electron chi connectivity index (χ0n) is 8.66. The normalized spacial score (nSPS) is 22.2. The second-order valence-electron chi connectivity index (χ2n) is 4.07. The number of nitrogens with zero attached hydrogens (tertiary/aromatic N) is 2. The van der Waals surface area contributed by atoms with Crippen LogP contribution in [0.2, 0.25) is 0 Å². The first kappa shape index (κ1) is 9.59. The molecule has 0 saturated carbocycles. The van der Waals surface area contributed by atoms with E-state index in [0.29, 0.717) is 0 Å². The first-order chi connectivity index (χ1) is 6.84. The van der Waals surface area contributed by atoms with Gasteiger partial charge in [0, 0.05) is 12.4 Å². The molecule has 0 aliphatic carbocycles. The Labute approximate surface area is 85.0 Å². The van der Waals surface area contributed by atoms with E-state index in [1.807, 2.05) is 19.3 Å². The first-order valence-electron chi connectivity index (χ1n) is 5.33. The molecular formula is C11H17N3. The van der Waals surface area contributed by atoms with Crippen molar-refractivity contribution in [3.8, 4) is 0 Å². The molecule has 0 radical (unpaired) electrons. The first-order valence-corrected chi connectivity index (χ1v) is 5.33. The predicted molar refractivity (Wildman–Crippen MR) is 56.1 cm³/mol. The highest BCUT2D eigenvalue weighted by Gasteiger charge is 2.13. The molecule has 76 valence electrons. The molecule has 1 aliphatic rings. The summed E-state index contributed by atoms with van der Waals surface area (Å²) in [5.74, 6) is 0.751. The highest BCUT2D eigenvalue weighted by molar-refractivity contribution is 5.01. The summed E-state index contributed by atoms with van der Waals surface area (Å²) in [4.78, 5) is 8.64. The third-order valence-electron chi connectivity index (χ3n) is 2.73. The fourth-order valence-corrected chi connectivity index (χ4v) is 1.92. The number of piperidine rings is 1. The van der Waals surface area contributed by atoms with Gasteiger partial charge in [-0.15, -0.1) is 0 Å². The summed E-state index contributed by atoms with van der Waals surface area (Å²) in [6, 6.07) is 0. The highest BCUT2D eigenvalue weighted by atomic mass is 14.9. The van der Waals surface area contributed by atoms with Crippen LogP contribution in [0.5, 0.6) is 0 Å². The van der Waals surface area contributed by atoms with Crippen LogP contribution in [0.4, 0.5) is 0 Å². The van der Waals surface area contributed by atoms with E-state index in [-0.39, 0.29) is 0 Å². The summed E-state index contributed by atoms with van der Waals surface area (Å²) in [7, 11) is 0. The smallest absolute Gasteiger partial charge is 0.0590 e. The summed E-state index contributed by atoms with van der Waals surface area (Å²) in [5, 5.41) is 3.42. The summed E-state index contributed by atoms with van der Waals surface area (Å²) in [6.45, 7) is 4.28. The number of rotatable bonds is 2. The van der Waals surface area contributed by atoms with Crippen LogP contribution in [0.3, 0.4) is 0 Å². The lowest BCUT2D eigenvalue weighted by atomic mass is 9.95. The molecule has 1 unspecified atom stereocenters. The number of hydrogen-bond acceptors (Lipinski definition) is 3. The largest absolute Gasteiger partial charge is 0.316 e. The van der Waals surface area contributed by atoms with Gasteiger partial charge in [-0.25, -0.2) is 0 Å². The fraction of sp³-hybridized carbons (Fsp3) is 0.636. The Kier molecular flexibility index (Phi) is 3.09. The van der Waals surface area contributed by atoms with E-state index in [1.165, 1.54) is 19.4 Å². The van der Waals surface area contributed by atoms with Crippen LogP contribution >= 0.6 is 0 Å². The fourth-order valence-electron chi connectivity index (χ4n) is 1.92. The van der Waals surface area contributed by atoms with Crippen molar-refractivity contribution in [3.63, 3.8) is 0 Å². The number of nitrogens with one attached hydrogen (secondary N) is 1. The van der Waals surface area contributed by atoms with Gasteiger partial charge in [0.1, 0.15) is 0 Å². The van der Waals surface area contributed by atoms with Gasteiger partial charge in [-0.2, -0.15) is 0 Å². The average Bonchev–Trinajstić information content (AvgIpc) is 2.23. The van der Waals surface area contributed by atoms with E-state index >= 15 is 0 Å². The Morgan fingerprint density at radius 3 is 3.00 bits per heavy atom. The van der Waals surface area contributed by atoms with E-state index in [2.05, 4.69) is 15.3 Å². The molecule has 1 aromatic rings. The van der Waals surface area contributed by atoms with Crippen LogP contribution < -0.4 is 5.32 Å². The van der Waals surface area contributed by atoms with Crippen LogP contribution in [0.25, 0.3) is 0 Å². The molecule has 0 aromatic carbocycles. The summed E-state index contributed by atoms with van der Waals surface area (Å²) in [6.07, 6.45) is 7.45. The maximum absolute atomic E-state index is 4.38. The zero-order valence-corrected chi connectivity index (χ0v) is 8.66. The van der Waals surface area contributed by atoms with Crippen LogP contribution in [0.1, 0.15) is 24.2 Å².